The molecule has 2 fully saturated rings. The van der Waals surface area contributed by atoms with Crippen molar-refractivity contribution in [3.8, 4) is 0 Å². The van der Waals surface area contributed by atoms with Crippen LogP contribution in [0.2, 0.25) is 0 Å². The van der Waals surface area contributed by atoms with Gasteiger partial charge in [-0.15, -0.1) is 16.4 Å². The maximum absolute atomic E-state index is 9.62. The van der Waals surface area contributed by atoms with Gasteiger partial charge in [0, 0.05) is 49.0 Å². The first-order valence-corrected chi connectivity index (χ1v) is 10.6. The summed E-state index contributed by atoms with van der Waals surface area (Å²) in [4.78, 5) is 7.79. The first-order chi connectivity index (χ1) is 12.7. The van der Waals surface area contributed by atoms with E-state index in [-0.39, 0.29) is 6.10 Å². The van der Waals surface area contributed by atoms with Gasteiger partial charge in [0.15, 0.2) is 0 Å². The van der Waals surface area contributed by atoms with Gasteiger partial charge in [-0.1, -0.05) is 5.21 Å². The number of thiophene rings is 1. The lowest BCUT2D eigenvalue weighted by molar-refractivity contribution is 0.0786. The summed E-state index contributed by atoms with van der Waals surface area (Å²) in [5.74, 6) is 0. The molecule has 0 radical (unpaired) electrons. The SMILES string of the molecule is Cc1ccc(CN2CCC(n3cc(CN4CCC(O)CC4)nn3)CC2)s1. The number of piperidine rings is 2. The number of aliphatic hydroxyl groups excluding tert-OH is 1. The molecule has 2 aromatic heterocycles. The summed E-state index contributed by atoms with van der Waals surface area (Å²) in [6.07, 6.45) is 6.04. The van der Waals surface area contributed by atoms with E-state index in [0.29, 0.717) is 6.04 Å². The Hall–Kier alpha value is -1.28. The van der Waals surface area contributed by atoms with Crippen molar-refractivity contribution in [1.82, 2.24) is 24.8 Å². The number of hydrogen-bond donors (Lipinski definition) is 1. The second-order valence-corrected chi connectivity index (χ2v) is 9.09. The molecule has 0 saturated carbocycles. The summed E-state index contributed by atoms with van der Waals surface area (Å²) in [6, 6.07) is 4.95. The number of aliphatic hydroxyl groups is 1. The summed E-state index contributed by atoms with van der Waals surface area (Å²) in [6.45, 7) is 8.26. The van der Waals surface area contributed by atoms with E-state index in [9.17, 15) is 5.11 Å². The van der Waals surface area contributed by atoms with Crippen LogP contribution in [0.15, 0.2) is 18.3 Å². The van der Waals surface area contributed by atoms with E-state index in [1.807, 2.05) is 11.3 Å². The Morgan fingerprint density at radius 2 is 1.73 bits per heavy atom. The smallest absolute Gasteiger partial charge is 0.0967 e. The topological polar surface area (TPSA) is 57.4 Å². The summed E-state index contributed by atoms with van der Waals surface area (Å²) in [5.41, 5.74) is 1.05. The van der Waals surface area contributed by atoms with Crippen LogP contribution in [0.5, 0.6) is 0 Å². The lowest BCUT2D eigenvalue weighted by Gasteiger charge is -2.31. The van der Waals surface area contributed by atoms with E-state index in [0.717, 1.165) is 70.6 Å². The van der Waals surface area contributed by atoms with Crippen LogP contribution in [0.4, 0.5) is 0 Å². The van der Waals surface area contributed by atoms with Gasteiger partial charge in [0.2, 0.25) is 0 Å². The Kier molecular flexibility index (Phi) is 5.69. The summed E-state index contributed by atoms with van der Waals surface area (Å²) < 4.78 is 2.08. The molecule has 0 aliphatic carbocycles. The lowest BCUT2D eigenvalue weighted by Crippen LogP contribution is -2.35. The molecule has 6 nitrogen and oxygen atoms in total. The maximum Gasteiger partial charge on any atom is 0.0967 e. The Bertz CT molecular complexity index is 698. The fourth-order valence-electron chi connectivity index (χ4n) is 4.00. The second-order valence-electron chi connectivity index (χ2n) is 7.72. The molecule has 4 rings (SSSR count). The molecule has 0 aromatic carbocycles. The summed E-state index contributed by atoms with van der Waals surface area (Å²) in [5, 5.41) is 18.4. The molecule has 7 heteroatoms. The third-order valence-corrected chi connectivity index (χ3v) is 6.59. The van der Waals surface area contributed by atoms with Crippen LogP contribution < -0.4 is 0 Å². The highest BCUT2D eigenvalue weighted by Gasteiger charge is 2.23. The average molecular weight is 376 g/mol. The predicted molar refractivity (Wildman–Crippen MR) is 103 cm³/mol. The van der Waals surface area contributed by atoms with Crippen molar-refractivity contribution >= 4 is 11.3 Å². The van der Waals surface area contributed by atoms with E-state index >= 15 is 0 Å². The van der Waals surface area contributed by atoms with Crippen molar-refractivity contribution in [1.29, 1.82) is 0 Å². The van der Waals surface area contributed by atoms with Crippen LogP contribution in [0, 0.1) is 6.92 Å². The van der Waals surface area contributed by atoms with Crippen LogP contribution in [0.25, 0.3) is 0 Å². The average Bonchev–Trinajstić information content (AvgIpc) is 3.27. The molecule has 2 aliphatic heterocycles. The van der Waals surface area contributed by atoms with Crippen molar-refractivity contribution in [2.45, 2.75) is 57.8 Å². The maximum atomic E-state index is 9.62. The van der Waals surface area contributed by atoms with E-state index < -0.39 is 0 Å². The van der Waals surface area contributed by atoms with Gasteiger partial charge in [-0.05, 0) is 44.7 Å². The third kappa shape index (κ3) is 4.52. The number of aromatic nitrogens is 3. The highest BCUT2D eigenvalue weighted by atomic mass is 32.1. The van der Waals surface area contributed by atoms with Crippen LogP contribution in [0.3, 0.4) is 0 Å². The molecule has 0 unspecified atom stereocenters. The van der Waals surface area contributed by atoms with Crippen LogP contribution >= 0.6 is 11.3 Å². The minimum atomic E-state index is -0.120. The third-order valence-electron chi connectivity index (χ3n) is 5.61. The quantitative estimate of drug-likeness (QED) is 0.870. The molecule has 0 bridgehead atoms. The first kappa shape index (κ1) is 18.1. The zero-order chi connectivity index (χ0) is 17.9. The molecule has 0 atom stereocenters. The molecule has 0 spiro atoms. The van der Waals surface area contributed by atoms with Gasteiger partial charge in [0.25, 0.3) is 0 Å². The van der Waals surface area contributed by atoms with Crippen molar-refractivity contribution < 1.29 is 5.11 Å². The minimum absolute atomic E-state index is 0.120. The minimum Gasteiger partial charge on any atom is -0.393 e. The van der Waals surface area contributed by atoms with E-state index in [1.54, 1.807) is 0 Å². The Morgan fingerprint density at radius 1 is 1.04 bits per heavy atom. The van der Waals surface area contributed by atoms with E-state index in [2.05, 4.69) is 50.0 Å². The Balaban J connectivity index is 1.26. The van der Waals surface area contributed by atoms with Crippen molar-refractivity contribution in [2.75, 3.05) is 26.2 Å². The fourth-order valence-corrected chi connectivity index (χ4v) is 4.94. The van der Waals surface area contributed by atoms with Crippen LogP contribution in [0.1, 0.15) is 47.2 Å². The number of aryl methyl sites for hydroxylation is 1. The highest BCUT2D eigenvalue weighted by molar-refractivity contribution is 7.11. The number of hydrogen-bond acceptors (Lipinski definition) is 6. The van der Waals surface area contributed by atoms with Crippen molar-refractivity contribution in [3.05, 3.63) is 33.8 Å². The summed E-state index contributed by atoms with van der Waals surface area (Å²) in [7, 11) is 0. The summed E-state index contributed by atoms with van der Waals surface area (Å²) >= 11 is 1.91. The molecule has 4 heterocycles. The normalized spacial score (nSPS) is 21.5. The predicted octanol–water partition coefficient (Wildman–Crippen LogP) is 2.44. The molecule has 1 N–H and O–H groups in total. The highest BCUT2D eigenvalue weighted by Crippen LogP contribution is 2.25. The first-order valence-electron chi connectivity index (χ1n) is 9.74. The molecule has 0 amide bonds. The van der Waals surface area contributed by atoms with Gasteiger partial charge in [0.1, 0.15) is 0 Å². The van der Waals surface area contributed by atoms with Gasteiger partial charge in [-0.25, -0.2) is 4.68 Å². The molecular weight excluding hydrogens is 346 g/mol. The monoisotopic (exact) mass is 375 g/mol. The Morgan fingerprint density at radius 3 is 2.42 bits per heavy atom. The Labute approximate surface area is 159 Å². The number of likely N-dealkylation sites (tertiary alicyclic amines) is 2. The fraction of sp³-hybridized carbons (Fsp3) is 0.684. The molecular formula is C19H29N5OS. The largest absolute Gasteiger partial charge is 0.393 e. The van der Waals surface area contributed by atoms with Gasteiger partial charge in [-0.3, -0.25) is 9.80 Å². The van der Waals surface area contributed by atoms with Gasteiger partial charge >= 0.3 is 0 Å². The van der Waals surface area contributed by atoms with Gasteiger partial charge in [0.05, 0.1) is 24.0 Å². The number of rotatable bonds is 5. The molecule has 142 valence electrons. The molecule has 2 saturated heterocycles. The zero-order valence-corrected chi connectivity index (χ0v) is 16.4. The van der Waals surface area contributed by atoms with Gasteiger partial charge < -0.3 is 5.11 Å². The van der Waals surface area contributed by atoms with Crippen molar-refractivity contribution in [3.63, 3.8) is 0 Å². The molecule has 2 aliphatic rings. The molecule has 26 heavy (non-hydrogen) atoms. The standard InChI is InChI=1S/C19H29N5OS/c1-15-2-3-19(26-15)14-23-8-4-17(5-9-23)24-13-16(20-21-24)12-22-10-6-18(25)7-11-22/h2-3,13,17-18,25H,4-12,14H2,1H3. The van der Waals surface area contributed by atoms with Crippen LogP contribution in [-0.4, -0.2) is 62.2 Å². The molecule has 2 aromatic rings. The van der Waals surface area contributed by atoms with E-state index in [4.69, 9.17) is 0 Å². The van der Waals surface area contributed by atoms with Crippen LogP contribution in [-0.2, 0) is 13.1 Å². The lowest BCUT2D eigenvalue weighted by atomic mass is 10.1. The van der Waals surface area contributed by atoms with Gasteiger partial charge in [-0.2, -0.15) is 0 Å². The zero-order valence-electron chi connectivity index (χ0n) is 15.5. The van der Waals surface area contributed by atoms with Crippen molar-refractivity contribution in [2.24, 2.45) is 0 Å². The number of nitrogens with zero attached hydrogens (tertiary/aromatic N) is 5. The second kappa shape index (κ2) is 8.17. The van der Waals surface area contributed by atoms with E-state index in [1.165, 1.54) is 9.75 Å².